The quantitative estimate of drug-likeness (QED) is 0.234. The molecule has 0 fully saturated rings. The molecular weight excluding hydrogens is 396 g/mol. The smallest absolute Gasteiger partial charge is 0.395 e. The molecule has 0 aliphatic rings. The first-order chi connectivity index (χ1) is 13.8. The van der Waals surface area contributed by atoms with Gasteiger partial charge in [0.05, 0.1) is 9.85 Å². The third kappa shape index (κ3) is 6.44. The van der Waals surface area contributed by atoms with E-state index in [1.165, 1.54) is 0 Å². The molecular formula is C16H12N2O11. The summed E-state index contributed by atoms with van der Waals surface area (Å²) in [6.45, 7) is -0.926. The van der Waals surface area contributed by atoms with Crippen LogP contribution >= 0.6 is 0 Å². The molecule has 2 rings (SSSR count). The van der Waals surface area contributed by atoms with Gasteiger partial charge in [-0.15, -0.1) is 0 Å². The van der Waals surface area contributed by atoms with Gasteiger partial charge in [-0.1, -0.05) is 0 Å². The predicted octanol–water partition coefficient (Wildman–Crippen LogP) is 2.55. The molecule has 0 aliphatic carbocycles. The van der Waals surface area contributed by atoms with Crippen molar-refractivity contribution in [3.8, 4) is 11.5 Å². The zero-order valence-electron chi connectivity index (χ0n) is 14.3. The number of aliphatic hydroxyl groups is 1. The fraction of sp³-hybridized carbons (Fsp3) is 0.125. The van der Waals surface area contributed by atoms with E-state index in [9.17, 15) is 29.8 Å². The van der Waals surface area contributed by atoms with Crippen molar-refractivity contribution in [1.82, 2.24) is 0 Å². The lowest BCUT2D eigenvalue weighted by atomic mass is 10.3. The Balaban J connectivity index is 1.86. The Morgan fingerprint density at radius 1 is 0.793 bits per heavy atom. The molecule has 1 N–H and O–H groups in total. The molecule has 0 saturated heterocycles. The van der Waals surface area contributed by atoms with Crippen LogP contribution in [-0.2, 0) is 9.47 Å². The molecule has 0 atom stereocenters. The summed E-state index contributed by atoms with van der Waals surface area (Å²) in [6, 6.07) is 8.89. The summed E-state index contributed by atoms with van der Waals surface area (Å²) in [7, 11) is 0. The van der Waals surface area contributed by atoms with Gasteiger partial charge in [-0.3, -0.25) is 20.2 Å². The molecule has 0 saturated carbocycles. The van der Waals surface area contributed by atoms with Gasteiger partial charge in [0.2, 0.25) is 0 Å². The maximum Gasteiger partial charge on any atom is 0.517 e. The number of nitro groups is 2. The van der Waals surface area contributed by atoms with Crippen LogP contribution in [0.25, 0.3) is 0 Å². The van der Waals surface area contributed by atoms with E-state index < -0.39 is 35.1 Å². The zero-order valence-corrected chi connectivity index (χ0v) is 14.3. The summed E-state index contributed by atoms with van der Waals surface area (Å²) >= 11 is 0. The minimum absolute atomic E-state index is 0.0919. The van der Waals surface area contributed by atoms with Gasteiger partial charge in [0.1, 0.15) is 18.1 Å². The number of nitrogens with zero attached hydrogens (tertiary/aromatic N) is 2. The highest BCUT2D eigenvalue weighted by atomic mass is 16.8. The van der Waals surface area contributed by atoms with Crippen molar-refractivity contribution in [1.29, 1.82) is 0 Å². The van der Waals surface area contributed by atoms with Crippen LogP contribution in [0, 0.1) is 20.2 Å². The number of hydrogen-bond acceptors (Lipinski definition) is 11. The summed E-state index contributed by atoms with van der Waals surface area (Å²) < 4.78 is 18.6. The largest absolute Gasteiger partial charge is 0.517 e. The van der Waals surface area contributed by atoms with Gasteiger partial charge in [-0.2, -0.15) is 0 Å². The summed E-state index contributed by atoms with van der Waals surface area (Å²) in [5.41, 5.74) is -0.451. The van der Waals surface area contributed by atoms with E-state index in [0.29, 0.717) is 0 Å². The monoisotopic (exact) mass is 408 g/mol. The van der Waals surface area contributed by atoms with Gasteiger partial charge in [-0.25, -0.2) is 9.59 Å². The highest BCUT2D eigenvalue weighted by Crippen LogP contribution is 2.19. The molecule has 2 aromatic carbocycles. The zero-order chi connectivity index (χ0) is 21.4. The number of carbonyl (C=O) groups excluding carboxylic acids is 2. The van der Waals surface area contributed by atoms with Gasteiger partial charge >= 0.3 is 12.3 Å². The second-order valence-electron chi connectivity index (χ2n) is 5.05. The molecule has 0 radical (unpaired) electrons. The Kier molecular flexibility index (Phi) is 6.97. The van der Waals surface area contributed by atoms with E-state index in [1.54, 1.807) is 0 Å². The standard InChI is InChI=1S/C16H12N2O11/c19-9-14(28-15(20)26-12-5-1-10(2-6-12)17(22)23)29-16(21)27-13-7-3-11(4-8-13)18(24)25/h1-8,14,19H,9H2. The summed E-state index contributed by atoms with van der Waals surface area (Å²) in [5.74, 6) is -0.184. The molecule has 13 nitrogen and oxygen atoms in total. The number of carbonyl (C=O) groups is 2. The fourth-order valence-electron chi connectivity index (χ4n) is 1.83. The third-order valence-electron chi connectivity index (χ3n) is 3.10. The first kappa shape index (κ1) is 21.0. The molecule has 0 aromatic heterocycles. The van der Waals surface area contributed by atoms with Crippen LogP contribution in [0.5, 0.6) is 11.5 Å². The number of aliphatic hydroxyl groups excluding tert-OH is 1. The Labute approximate surface area is 161 Å². The van der Waals surface area contributed by atoms with E-state index in [1.807, 2.05) is 0 Å². The van der Waals surface area contributed by atoms with Crippen LogP contribution in [0.4, 0.5) is 21.0 Å². The van der Waals surface area contributed by atoms with Crippen molar-refractivity contribution in [3.05, 3.63) is 68.8 Å². The summed E-state index contributed by atoms with van der Waals surface area (Å²) in [6.07, 6.45) is -4.49. The minimum Gasteiger partial charge on any atom is -0.395 e. The molecule has 2 aromatic rings. The van der Waals surface area contributed by atoms with E-state index in [-0.39, 0.29) is 22.9 Å². The topological polar surface area (TPSA) is 178 Å². The van der Waals surface area contributed by atoms with E-state index >= 15 is 0 Å². The third-order valence-corrected chi connectivity index (χ3v) is 3.10. The van der Waals surface area contributed by atoms with Crippen molar-refractivity contribution in [2.75, 3.05) is 6.61 Å². The molecule has 0 aliphatic heterocycles. The van der Waals surface area contributed by atoms with Gasteiger partial charge in [-0.05, 0) is 24.3 Å². The normalized spacial score (nSPS) is 10.1. The second kappa shape index (κ2) is 9.61. The SMILES string of the molecule is O=C(Oc1ccc([N+](=O)[O-])cc1)OC(CO)OC(=O)Oc1ccc([N+](=O)[O-])cc1. The highest BCUT2D eigenvalue weighted by Gasteiger charge is 2.21. The van der Waals surface area contributed by atoms with E-state index in [2.05, 4.69) is 9.47 Å². The number of benzene rings is 2. The fourth-order valence-corrected chi connectivity index (χ4v) is 1.83. The Hall–Kier alpha value is -4.26. The molecule has 0 amide bonds. The van der Waals surface area contributed by atoms with Crippen molar-refractivity contribution >= 4 is 23.7 Å². The maximum absolute atomic E-state index is 11.7. The number of non-ortho nitro benzene ring substituents is 2. The summed E-state index contributed by atoms with van der Waals surface area (Å²) in [5, 5.41) is 30.2. The second-order valence-corrected chi connectivity index (χ2v) is 5.05. The first-order valence-corrected chi connectivity index (χ1v) is 7.65. The minimum atomic E-state index is -1.77. The molecule has 0 unspecified atom stereocenters. The summed E-state index contributed by atoms with van der Waals surface area (Å²) in [4.78, 5) is 43.1. The molecule has 29 heavy (non-hydrogen) atoms. The predicted molar refractivity (Wildman–Crippen MR) is 91.3 cm³/mol. The number of nitro benzene ring substituents is 2. The Morgan fingerprint density at radius 3 is 1.41 bits per heavy atom. The molecule has 152 valence electrons. The Bertz CT molecular complexity index is 823. The average Bonchev–Trinajstić information content (AvgIpc) is 2.68. The van der Waals surface area contributed by atoms with Crippen LogP contribution in [-0.4, -0.2) is 40.2 Å². The van der Waals surface area contributed by atoms with Gasteiger partial charge in [0, 0.05) is 24.3 Å². The van der Waals surface area contributed by atoms with Crippen molar-refractivity contribution in [2.24, 2.45) is 0 Å². The van der Waals surface area contributed by atoms with Crippen LogP contribution in [0.1, 0.15) is 0 Å². The average molecular weight is 408 g/mol. The Morgan fingerprint density at radius 2 is 1.14 bits per heavy atom. The van der Waals surface area contributed by atoms with Gasteiger partial charge in [0.25, 0.3) is 17.7 Å². The van der Waals surface area contributed by atoms with Crippen molar-refractivity contribution < 1.29 is 43.5 Å². The molecule has 0 spiro atoms. The first-order valence-electron chi connectivity index (χ1n) is 7.65. The number of ether oxygens (including phenoxy) is 4. The molecule has 0 heterocycles. The number of hydrogen-bond donors (Lipinski definition) is 1. The van der Waals surface area contributed by atoms with Crippen LogP contribution in [0.15, 0.2) is 48.5 Å². The van der Waals surface area contributed by atoms with Crippen LogP contribution in [0.2, 0.25) is 0 Å². The highest BCUT2D eigenvalue weighted by molar-refractivity contribution is 5.66. The van der Waals surface area contributed by atoms with Gasteiger partial charge < -0.3 is 24.1 Å². The lowest BCUT2D eigenvalue weighted by Crippen LogP contribution is -2.30. The molecule has 0 bridgehead atoms. The lowest BCUT2D eigenvalue weighted by molar-refractivity contribution is -0.385. The van der Waals surface area contributed by atoms with Crippen LogP contribution in [0.3, 0.4) is 0 Å². The lowest BCUT2D eigenvalue weighted by Gasteiger charge is -2.15. The van der Waals surface area contributed by atoms with Gasteiger partial charge in [0.15, 0.2) is 0 Å². The maximum atomic E-state index is 11.7. The van der Waals surface area contributed by atoms with E-state index in [4.69, 9.17) is 14.6 Å². The van der Waals surface area contributed by atoms with Crippen LogP contribution < -0.4 is 9.47 Å². The number of rotatable bonds is 7. The van der Waals surface area contributed by atoms with Crippen molar-refractivity contribution in [2.45, 2.75) is 6.29 Å². The molecule has 13 heteroatoms. The van der Waals surface area contributed by atoms with E-state index in [0.717, 1.165) is 48.5 Å². The van der Waals surface area contributed by atoms with Crippen molar-refractivity contribution in [3.63, 3.8) is 0 Å².